The zero-order valence-corrected chi connectivity index (χ0v) is 13.1. The molecule has 1 aliphatic heterocycles. The topological polar surface area (TPSA) is 49.4 Å². The summed E-state index contributed by atoms with van der Waals surface area (Å²) in [4.78, 5) is 26.0. The van der Waals surface area contributed by atoms with E-state index in [1.165, 1.54) is 5.56 Å². The standard InChI is InChI=1S/C17H24N2O2/c1-4-14-16(21)19(12-15(20)18-14)17(2,3)11-10-13-8-6-5-7-9-13/h5-9,14H,4,10-12H2,1-3H3,(H,18,20). The Hall–Kier alpha value is -1.84. The molecule has 1 atom stereocenters. The Morgan fingerprint density at radius 1 is 1.24 bits per heavy atom. The van der Waals surface area contributed by atoms with E-state index in [1.54, 1.807) is 4.90 Å². The fourth-order valence-corrected chi connectivity index (χ4v) is 2.73. The Morgan fingerprint density at radius 2 is 1.90 bits per heavy atom. The highest BCUT2D eigenvalue weighted by Gasteiger charge is 2.39. The lowest BCUT2D eigenvalue weighted by Gasteiger charge is -2.43. The predicted octanol–water partition coefficient (Wildman–Crippen LogP) is 2.13. The molecule has 2 rings (SSSR count). The highest BCUT2D eigenvalue weighted by molar-refractivity contribution is 5.95. The molecule has 0 aromatic heterocycles. The van der Waals surface area contributed by atoms with Gasteiger partial charge in [-0.3, -0.25) is 9.59 Å². The van der Waals surface area contributed by atoms with Crippen molar-refractivity contribution in [3.8, 4) is 0 Å². The highest BCUT2D eigenvalue weighted by atomic mass is 16.2. The normalized spacial score (nSPS) is 19.6. The molecule has 1 fully saturated rings. The van der Waals surface area contributed by atoms with E-state index in [4.69, 9.17) is 0 Å². The molecule has 114 valence electrons. The lowest BCUT2D eigenvalue weighted by atomic mass is 9.91. The van der Waals surface area contributed by atoms with Crippen molar-refractivity contribution in [2.75, 3.05) is 6.54 Å². The molecule has 4 heteroatoms. The number of carbonyl (C=O) groups excluding carboxylic acids is 2. The molecule has 0 spiro atoms. The lowest BCUT2D eigenvalue weighted by molar-refractivity contribution is -0.150. The summed E-state index contributed by atoms with van der Waals surface area (Å²) in [7, 11) is 0. The van der Waals surface area contributed by atoms with Crippen LogP contribution in [0.1, 0.15) is 39.2 Å². The van der Waals surface area contributed by atoms with Gasteiger partial charge in [0, 0.05) is 5.54 Å². The quantitative estimate of drug-likeness (QED) is 0.902. The lowest BCUT2D eigenvalue weighted by Crippen LogP contribution is -2.63. The van der Waals surface area contributed by atoms with Gasteiger partial charge in [-0.1, -0.05) is 37.3 Å². The van der Waals surface area contributed by atoms with E-state index in [9.17, 15) is 9.59 Å². The molecule has 1 aliphatic rings. The van der Waals surface area contributed by atoms with Crippen molar-refractivity contribution in [2.45, 2.75) is 51.6 Å². The summed E-state index contributed by atoms with van der Waals surface area (Å²) in [6.07, 6.45) is 2.37. The number of aryl methyl sites for hydroxylation is 1. The first-order valence-electron chi connectivity index (χ1n) is 7.59. The largest absolute Gasteiger partial charge is 0.343 e. The molecule has 1 saturated heterocycles. The van der Waals surface area contributed by atoms with Crippen molar-refractivity contribution in [1.29, 1.82) is 0 Å². The number of piperazine rings is 1. The minimum Gasteiger partial charge on any atom is -0.343 e. The van der Waals surface area contributed by atoms with Gasteiger partial charge in [0.15, 0.2) is 0 Å². The number of hydrogen-bond acceptors (Lipinski definition) is 2. The van der Waals surface area contributed by atoms with Crippen LogP contribution in [-0.2, 0) is 16.0 Å². The maximum absolute atomic E-state index is 12.5. The second-order valence-electron chi connectivity index (χ2n) is 6.25. The van der Waals surface area contributed by atoms with Gasteiger partial charge in [-0.2, -0.15) is 0 Å². The summed E-state index contributed by atoms with van der Waals surface area (Å²) in [5.41, 5.74) is 0.935. The van der Waals surface area contributed by atoms with Crippen LogP contribution in [0.25, 0.3) is 0 Å². The Balaban J connectivity index is 2.06. The molecule has 1 aromatic carbocycles. The zero-order chi connectivity index (χ0) is 15.5. The molecule has 1 N–H and O–H groups in total. The van der Waals surface area contributed by atoms with Gasteiger partial charge >= 0.3 is 0 Å². The van der Waals surface area contributed by atoms with Crippen LogP contribution in [0, 0.1) is 0 Å². The third kappa shape index (κ3) is 3.63. The first kappa shape index (κ1) is 15.5. The summed E-state index contributed by atoms with van der Waals surface area (Å²) in [6.45, 7) is 6.17. The van der Waals surface area contributed by atoms with E-state index in [0.29, 0.717) is 6.42 Å². The number of amides is 2. The van der Waals surface area contributed by atoms with Crippen molar-refractivity contribution < 1.29 is 9.59 Å². The van der Waals surface area contributed by atoms with Crippen LogP contribution < -0.4 is 5.32 Å². The molecule has 0 radical (unpaired) electrons. The summed E-state index contributed by atoms with van der Waals surface area (Å²) >= 11 is 0. The van der Waals surface area contributed by atoms with Gasteiger partial charge in [0.05, 0.1) is 0 Å². The first-order chi connectivity index (χ1) is 9.94. The summed E-state index contributed by atoms with van der Waals surface area (Å²) in [6, 6.07) is 9.86. The van der Waals surface area contributed by atoms with E-state index in [-0.39, 0.29) is 29.9 Å². The van der Waals surface area contributed by atoms with Gasteiger partial charge in [0.25, 0.3) is 0 Å². The monoisotopic (exact) mass is 288 g/mol. The summed E-state index contributed by atoms with van der Waals surface area (Å²) in [5.74, 6) is -0.0237. The maximum Gasteiger partial charge on any atom is 0.246 e. The number of rotatable bonds is 5. The van der Waals surface area contributed by atoms with E-state index >= 15 is 0 Å². The van der Waals surface area contributed by atoms with Crippen molar-refractivity contribution >= 4 is 11.8 Å². The minimum atomic E-state index is -0.373. The number of nitrogens with one attached hydrogen (secondary N) is 1. The second-order valence-corrected chi connectivity index (χ2v) is 6.25. The SMILES string of the molecule is CCC1NC(=O)CN(C(C)(C)CCc2ccccc2)C1=O. The molecular formula is C17H24N2O2. The molecule has 0 saturated carbocycles. The van der Waals surface area contributed by atoms with Crippen LogP contribution in [0.5, 0.6) is 0 Å². The molecular weight excluding hydrogens is 264 g/mol. The summed E-state index contributed by atoms with van der Waals surface area (Å²) < 4.78 is 0. The van der Waals surface area contributed by atoms with Crippen LogP contribution >= 0.6 is 0 Å². The average molecular weight is 288 g/mol. The van der Waals surface area contributed by atoms with E-state index < -0.39 is 0 Å². The molecule has 1 aromatic rings. The highest BCUT2D eigenvalue weighted by Crippen LogP contribution is 2.24. The smallest absolute Gasteiger partial charge is 0.246 e. The van der Waals surface area contributed by atoms with Gasteiger partial charge in [0.1, 0.15) is 12.6 Å². The van der Waals surface area contributed by atoms with Crippen LogP contribution in [0.15, 0.2) is 30.3 Å². The number of carbonyl (C=O) groups is 2. The van der Waals surface area contributed by atoms with Crippen LogP contribution in [0.2, 0.25) is 0 Å². The van der Waals surface area contributed by atoms with Crippen molar-refractivity contribution in [3.63, 3.8) is 0 Å². The van der Waals surface area contributed by atoms with Crippen LogP contribution in [0.3, 0.4) is 0 Å². The predicted molar refractivity (Wildman–Crippen MR) is 82.8 cm³/mol. The zero-order valence-electron chi connectivity index (χ0n) is 13.1. The number of nitrogens with zero attached hydrogens (tertiary/aromatic N) is 1. The van der Waals surface area contributed by atoms with Gasteiger partial charge in [-0.25, -0.2) is 0 Å². The molecule has 1 unspecified atom stereocenters. The third-order valence-electron chi connectivity index (χ3n) is 4.21. The summed E-state index contributed by atoms with van der Waals surface area (Å²) in [5, 5.41) is 2.76. The van der Waals surface area contributed by atoms with Gasteiger partial charge < -0.3 is 10.2 Å². The first-order valence-corrected chi connectivity index (χ1v) is 7.59. The van der Waals surface area contributed by atoms with Gasteiger partial charge in [-0.05, 0) is 38.7 Å². The maximum atomic E-state index is 12.5. The fraction of sp³-hybridized carbons (Fsp3) is 0.529. The Labute approximate surface area is 126 Å². The fourth-order valence-electron chi connectivity index (χ4n) is 2.73. The molecule has 4 nitrogen and oxygen atoms in total. The molecule has 0 aliphatic carbocycles. The van der Waals surface area contributed by atoms with Crippen LogP contribution in [0.4, 0.5) is 0 Å². The van der Waals surface area contributed by atoms with Gasteiger partial charge in [0.2, 0.25) is 11.8 Å². The van der Waals surface area contributed by atoms with Crippen LogP contribution in [-0.4, -0.2) is 34.8 Å². The van der Waals surface area contributed by atoms with E-state index in [0.717, 1.165) is 12.8 Å². The van der Waals surface area contributed by atoms with Crippen molar-refractivity contribution in [1.82, 2.24) is 10.2 Å². The molecule has 2 amide bonds. The molecule has 0 bridgehead atoms. The molecule has 21 heavy (non-hydrogen) atoms. The molecule has 1 heterocycles. The minimum absolute atomic E-state index is 0.0372. The Morgan fingerprint density at radius 3 is 2.52 bits per heavy atom. The number of hydrogen-bond donors (Lipinski definition) is 1. The Kier molecular flexibility index (Phi) is 4.66. The van der Waals surface area contributed by atoms with Crippen molar-refractivity contribution in [2.24, 2.45) is 0 Å². The van der Waals surface area contributed by atoms with Gasteiger partial charge in [-0.15, -0.1) is 0 Å². The van der Waals surface area contributed by atoms with E-state index in [2.05, 4.69) is 17.4 Å². The van der Waals surface area contributed by atoms with Crippen molar-refractivity contribution in [3.05, 3.63) is 35.9 Å². The van der Waals surface area contributed by atoms with E-state index in [1.807, 2.05) is 39.0 Å². The second kappa shape index (κ2) is 6.29. The number of benzene rings is 1. The Bertz CT molecular complexity index is 511. The third-order valence-corrected chi connectivity index (χ3v) is 4.21. The average Bonchev–Trinajstić information content (AvgIpc) is 2.48.